The van der Waals surface area contributed by atoms with Crippen LogP contribution >= 0.6 is 7.82 Å². The lowest BCUT2D eigenvalue weighted by Crippen LogP contribution is -2.45. The standard InChI is InChI=1S/C38H77N2O6P/c1-6-8-10-12-14-16-18-20-21-23-25-27-29-31-37(41)36(35-46-47(43,44)45-34-33-40(3,4)5)39-38(42)32-30-28-26-24-22-19-17-15-13-11-9-7-2/h29,31,36-37,41H,6-28,30,32-35H2,1-5H3,(H-,39,42,43,44)/b31-29+/t36-,37+/m0/s1. The van der Waals surface area contributed by atoms with Gasteiger partial charge in [0, 0.05) is 6.42 Å². The lowest BCUT2D eigenvalue weighted by Gasteiger charge is -2.29. The highest BCUT2D eigenvalue weighted by Gasteiger charge is 2.23. The van der Waals surface area contributed by atoms with Crippen LogP contribution in [0.3, 0.4) is 0 Å². The number of phosphoric ester groups is 1. The van der Waals surface area contributed by atoms with Gasteiger partial charge >= 0.3 is 0 Å². The summed E-state index contributed by atoms with van der Waals surface area (Å²) in [7, 11) is 1.26. The van der Waals surface area contributed by atoms with E-state index in [0.29, 0.717) is 17.4 Å². The molecule has 280 valence electrons. The first-order chi connectivity index (χ1) is 22.5. The van der Waals surface area contributed by atoms with Crippen molar-refractivity contribution in [3.8, 4) is 0 Å². The van der Waals surface area contributed by atoms with Gasteiger partial charge in [0.15, 0.2) is 0 Å². The van der Waals surface area contributed by atoms with E-state index in [1.54, 1.807) is 6.08 Å². The Morgan fingerprint density at radius 1 is 0.723 bits per heavy atom. The number of nitrogens with one attached hydrogen (secondary N) is 1. The summed E-state index contributed by atoms with van der Waals surface area (Å²) >= 11 is 0. The number of aliphatic hydroxyl groups excluding tert-OH is 1. The van der Waals surface area contributed by atoms with Crippen LogP contribution in [0.2, 0.25) is 0 Å². The topological polar surface area (TPSA) is 108 Å². The Kier molecular flexibility index (Phi) is 30.7. The number of quaternary nitrogens is 1. The van der Waals surface area contributed by atoms with E-state index in [1.165, 1.54) is 116 Å². The van der Waals surface area contributed by atoms with Crippen molar-refractivity contribution in [2.75, 3.05) is 40.9 Å². The highest BCUT2D eigenvalue weighted by atomic mass is 31.2. The second-order valence-electron chi connectivity index (χ2n) is 14.6. The number of hydrogen-bond donors (Lipinski definition) is 2. The Hall–Kier alpha value is -0.760. The zero-order valence-electron chi connectivity index (χ0n) is 31.5. The minimum absolute atomic E-state index is 0.00166. The molecule has 0 fully saturated rings. The van der Waals surface area contributed by atoms with Crippen LogP contribution in [0.1, 0.15) is 174 Å². The number of unbranched alkanes of at least 4 members (excludes halogenated alkanes) is 22. The first-order valence-electron chi connectivity index (χ1n) is 19.6. The van der Waals surface area contributed by atoms with Crippen molar-refractivity contribution in [3.63, 3.8) is 0 Å². The fraction of sp³-hybridized carbons (Fsp3) is 0.921. The molecule has 9 heteroatoms. The minimum Gasteiger partial charge on any atom is -0.756 e. The molecule has 0 rings (SSSR count). The van der Waals surface area contributed by atoms with E-state index in [1.807, 2.05) is 27.2 Å². The Bertz CT molecular complexity index is 789. The molecule has 2 N–H and O–H groups in total. The van der Waals surface area contributed by atoms with E-state index in [2.05, 4.69) is 19.2 Å². The van der Waals surface area contributed by atoms with Gasteiger partial charge < -0.3 is 28.8 Å². The third-order valence-corrected chi connectivity index (χ3v) is 9.71. The monoisotopic (exact) mass is 689 g/mol. The summed E-state index contributed by atoms with van der Waals surface area (Å²) in [5.41, 5.74) is 0. The van der Waals surface area contributed by atoms with Crippen LogP contribution in [-0.4, -0.2) is 68.5 Å². The molecule has 0 aliphatic carbocycles. The van der Waals surface area contributed by atoms with E-state index < -0.39 is 20.0 Å². The smallest absolute Gasteiger partial charge is 0.268 e. The predicted octanol–water partition coefficient (Wildman–Crippen LogP) is 9.39. The van der Waals surface area contributed by atoms with E-state index in [0.717, 1.165) is 38.5 Å². The van der Waals surface area contributed by atoms with Gasteiger partial charge in [0.1, 0.15) is 13.2 Å². The van der Waals surface area contributed by atoms with Gasteiger partial charge in [-0.25, -0.2) is 0 Å². The third-order valence-electron chi connectivity index (χ3n) is 8.75. The van der Waals surface area contributed by atoms with E-state index in [-0.39, 0.29) is 19.1 Å². The molecule has 0 spiro atoms. The largest absolute Gasteiger partial charge is 0.756 e. The first-order valence-corrected chi connectivity index (χ1v) is 21.0. The molecule has 0 radical (unpaired) electrons. The van der Waals surface area contributed by atoms with Gasteiger partial charge in [0.05, 0.1) is 39.9 Å². The van der Waals surface area contributed by atoms with Crippen LogP contribution in [0.25, 0.3) is 0 Å². The molecule has 1 unspecified atom stereocenters. The van der Waals surface area contributed by atoms with Crippen molar-refractivity contribution in [1.29, 1.82) is 0 Å². The molecule has 1 amide bonds. The molecule has 0 saturated heterocycles. The number of carbonyl (C=O) groups is 1. The molecule has 0 saturated carbocycles. The molecule has 0 aromatic heterocycles. The van der Waals surface area contributed by atoms with E-state index in [4.69, 9.17) is 9.05 Å². The van der Waals surface area contributed by atoms with Crippen LogP contribution in [-0.2, 0) is 18.4 Å². The molecule has 0 aromatic rings. The van der Waals surface area contributed by atoms with Crippen LogP contribution in [0, 0.1) is 0 Å². The molecule has 0 aliphatic rings. The summed E-state index contributed by atoms with van der Waals surface area (Å²) in [4.78, 5) is 25.1. The van der Waals surface area contributed by atoms with Gasteiger partial charge in [-0.1, -0.05) is 161 Å². The van der Waals surface area contributed by atoms with Crippen molar-refractivity contribution < 1.29 is 32.9 Å². The average molecular weight is 689 g/mol. The summed E-state index contributed by atoms with van der Waals surface area (Å²) in [6, 6.07) is -0.877. The maximum absolute atomic E-state index is 12.8. The summed E-state index contributed by atoms with van der Waals surface area (Å²) in [6.07, 6.45) is 32.4. The Balaban J connectivity index is 4.52. The van der Waals surface area contributed by atoms with Gasteiger partial charge in [0.25, 0.3) is 7.82 Å². The van der Waals surface area contributed by atoms with Crippen LogP contribution in [0.15, 0.2) is 12.2 Å². The van der Waals surface area contributed by atoms with Crippen molar-refractivity contribution in [2.24, 2.45) is 0 Å². The number of likely N-dealkylation sites (N-methyl/N-ethyl adjacent to an activating group) is 1. The lowest BCUT2D eigenvalue weighted by atomic mass is 10.0. The van der Waals surface area contributed by atoms with E-state index in [9.17, 15) is 19.4 Å². The Morgan fingerprint density at radius 2 is 1.15 bits per heavy atom. The maximum atomic E-state index is 12.8. The number of hydrogen-bond acceptors (Lipinski definition) is 6. The number of amides is 1. The summed E-state index contributed by atoms with van der Waals surface area (Å²) in [5, 5.41) is 13.7. The fourth-order valence-electron chi connectivity index (χ4n) is 5.56. The average Bonchev–Trinajstić information content (AvgIpc) is 3.01. The number of aliphatic hydroxyl groups is 1. The second kappa shape index (κ2) is 31.2. The lowest BCUT2D eigenvalue weighted by molar-refractivity contribution is -0.870. The molecule has 47 heavy (non-hydrogen) atoms. The molecule has 0 bridgehead atoms. The number of rotatable bonds is 35. The molecule has 3 atom stereocenters. The quantitative estimate of drug-likeness (QED) is 0.0297. The molecule has 8 nitrogen and oxygen atoms in total. The third kappa shape index (κ3) is 33.5. The van der Waals surface area contributed by atoms with Gasteiger partial charge in [-0.2, -0.15) is 0 Å². The van der Waals surface area contributed by atoms with Gasteiger partial charge in [-0.15, -0.1) is 0 Å². The predicted molar refractivity (Wildman–Crippen MR) is 196 cm³/mol. The zero-order chi connectivity index (χ0) is 35.1. The minimum atomic E-state index is -4.57. The molecule has 0 heterocycles. The highest BCUT2D eigenvalue weighted by Crippen LogP contribution is 2.38. The Labute approximate surface area is 291 Å². The molecule has 0 aromatic carbocycles. The summed E-state index contributed by atoms with van der Waals surface area (Å²) in [6.45, 7) is 4.62. The van der Waals surface area contributed by atoms with Gasteiger partial charge in [-0.05, 0) is 19.3 Å². The van der Waals surface area contributed by atoms with Crippen LogP contribution in [0.4, 0.5) is 0 Å². The van der Waals surface area contributed by atoms with Crippen LogP contribution in [0.5, 0.6) is 0 Å². The summed E-state index contributed by atoms with van der Waals surface area (Å²) in [5.74, 6) is -0.199. The fourth-order valence-corrected chi connectivity index (χ4v) is 6.29. The molecular weight excluding hydrogens is 611 g/mol. The van der Waals surface area contributed by atoms with Crippen molar-refractivity contribution >= 4 is 13.7 Å². The maximum Gasteiger partial charge on any atom is 0.268 e. The normalized spacial score (nSPS) is 14.8. The second-order valence-corrected chi connectivity index (χ2v) is 16.1. The van der Waals surface area contributed by atoms with E-state index >= 15 is 0 Å². The number of allylic oxidation sites excluding steroid dienone is 1. The van der Waals surface area contributed by atoms with Gasteiger partial charge in [-0.3, -0.25) is 9.36 Å². The highest BCUT2D eigenvalue weighted by molar-refractivity contribution is 7.45. The van der Waals surface area contributed by atoms with Crippen LogP contribution < -0.4 is 10.2 Å². The van der Waals surface area contributed by atoms with Gasteiger partial charge in [0.2, 0.25) is 5.91 Å². The molecule has 0 aliphatic heterocycles. The number of nitrogens with zero attached hydrogens (tertiary/aromatic N) is 1. The summed E-state index contributed by atoms with van der Waals surface area (Å²) < 4.78 is 23.1. The van der Waals surface area contributed by atoms with Crippen molar-refractivity contribution in [2.45, 2.75) is 187 Å². The SMILES string of the molecule is CCCCCCCCCCCCC/C=C/[C@@H](O)[C@H](COP(=O)([O-])OCC[N+](C)(C)C)NC(=O)CCCCCCCCCCCCCC. The first kappa shape index (κ1) is 46.2. The zero-order valence-corrected chi connectivity index (χ0v) is 32.4. The van der Waals surface area contributed by atoms with Crippen molar-refractivity contribution in [3.05, 3.63) is 12.2 Å². The Morgan fingerprint density at radius 3 is 1.60 bits per heavy atom. The number of phosphoric acid groups is 1. The molecular formula is C38H77N2O6P. The number of carbonyl (C=O) groups excluding carboxylic acids is 1. The van der Waals surface area contributed by atoms with Crippen molar-refractivity contribution in [1.82, 2.24) is 5.32 Å².